The molecular formula is C58H50N4. The molecule has 7 atom stereocenters. The minimum absolute atomic E-state index is 0.0128. The van der Waals surface area contributed by atoms with E-state index >= 15 is 0 Å². The van der Waals surface area contributed by atoms with Gasteiger partial charge in [-0.05, 0) is 95.4 Å². The Labute approximate surface area is 365 Å². The highest BCUT2D eigenvalue weighted by Gasteiger charge is 2.45. The van der Waals surface area contributed by atoms with Crippen LogP contribution in [0.15, 0.2) is 250 Å². The Morgan fingerprint density at radius 3 is 1.95 bits per heavy atom. The molecule has 7 unspecified atom stereocenters. The quantitative estimate of drug-likeness (QED) is 0.186. The molecule has 1 saturated heterocycles. The lowest BCUT2D eigenvalue weighted by molar-refractivity contribution is 0.378. The molecule has 0 amide bonds. The Morgan fingerprint density at radius 2 is 1.23 bits per heavy atom. The van der Waals surface area contributed by atoms with E-state index in [1.807, 2.05) is 0 Å². The molecule has 0 bridgehead atoms. The second kappa shape index (κ2) is 15.6. The Hall–Kier alpha value is -6.78. The van der Waals surface area contributed by atoms with Crippen LogP contribution in [0.1, 0.15) is 60.8 Å². The third-order valence-electron chi connectivity index (χ3n) is 14.1. The van der Waals surface area contributed by atoms with Crippen molar-refractivity contribution in [2.24, 2.45) is 27.7 Å². The SMILES string of the molecule is C1=CC(N2C3=C(CCC=C3)C3C=C(C4=CC5C6=CC(C7=NC(c8ccccc8)C(c8ccccc8)C(c8ccccc8)=N7)CC=C6N(c6ccccc6)C5C=C4)C=CC32)=CCC1. The molecule has 0 spiro atoms. The first-order valence-corrected chi connectivity index (χ1v) is 22.7. The number of benzene rings is 4. The van der Waals surface area contributed by atoms with Gasteiger partial charge in [0.2, 0.25) is 0 Å². The van der Waals surface area contributed by atoms with Gasteiger partial charge in [-0.3, -0.25) is 4.99 Å². The zero-order valence-corrected chi connectivity index (χ0v) is 34.9. The lowest BCUT2D eigenvalue weighted by atomic mass is 9.78. The van der Waals surface area contributed by atoms with Gasteiger partial charge in [0, 0.05) is 40.5 Å². The lowest BCUT2D eigenvalue weighted by Gasteiger charge is -2.33. The van der Waals surface area contributed by atoms with E-state index in [0.29, 0.717) is 12.0 Å². The minimum Gasteiger partial charge on any atom is -0.334 e. The fraction of sp³-hybridized carbons (Fsp3) is 0.207. The van der Waals surface area contributed by atoms with E-state index in [2.05, 4.69) is 210 Å². The van der Waals surface area contributed by atoms with Gasteiger partial charge in [-0.15, -0.1) is 0 Å². The molecule has 4 aromatic carbocycles. The Bertz CT molecular complexity index is 2790. The predicted molar refractivity (Wildman–Crippen MR) is 255 cm³/mol. The summed E-state index contributed by atoms with van der Waals surface area (Å²) in [5, 5.41) is 0. The van der Waals surface area contributed by atoms with Crippen molar-refractivity contribution in [2.45, 2.75) is 56.1 Å². The number of aliphatic imine (C=N–C) groups is 2. The van der Waals surface area contributed by atoms with E-state index < -0.39 is 0 Å². The van der Waals surface area contributed by atoms with Crippen molar-refractivity contribution in [1.82, 2.24) is 4.90 Å². The first kappa shape index (κ1) is 37.0. The topological polar surface area (TPSA) is 31.2 Å². The van der Waals surface area contributed by atoms with Crippen LogP contribution in [0.4, 0.5) is 5.69 Å². The Balaban J connectivity index is 0.941. The molecule has 4 aromatic rings. The standard InChI is InChI=1S/C58H50N4/c1-6-18-39(19-7-1)55-56(40-20-8-2-9-21-40)59-58(60-57(55)41-22-10-3-11-23-41)44-32-35-54-50(38-44)49-37-43(31-34-53(49)62(54)46-26-14-5-15-27-46)42-30-33-52-48(36-42)47-28-16-17-29-51(47)61(52)45-24-12-4-13-25-45/h1-3,5-12,14-15,17-27,29-31,33-38,44,48-49,52-53,55-56H,4,13,16,28,32H2. The van der Waals surface area contributed by atoms with Crippen LogP contribution in [-0.4, -0.2) is 28.5 Å². The van der Waals surface area contributed by atoms with E-state index in [0.717, 1.165) is 49.2 Å². The van der Waals surface area contributed by atoms with Crippen LogP contribution in [0, 0.1) is 17.8 Å². The number of para-hydroxylation sites is 1. The van der Waals surface area contributed by atoms with Gasteiger partial charge in [0.05, 0.1) is 29.8 Å². The summed E-state index contributed by atoms with van der Waals surface area (Å²) in [6.07, 6.45) is 37.1. The van der Waals surface area contributed by atoms with E-state index in [1.165, 1.54) is 50.6 Å². The second-order valence-corrected chi connectivity index (χ2v) is 17.7. The Morgan fingerprint density at radius 1 is 0.565 bits per heavy atom. The number of hydrogen-bond acceptors (Lipinski definition) is 4. The molecular weight excluding hydrogens is 753 g/mol. The fourth-order valence-corrected chi connectivity index (χ4v) is 11.3. The molecule has 3 heterocycles. The molecule has 4 heteroatoms. The summed E-state index contributed by atoms with van der Waals surface area (Å²) >= 11 is 0. The average Bonchev–Trinajstić information content (AvgIpc) is 3.86. The minimum atomic E-state index is -0.104. The summed E-state index contributed by atoms with van der Waals surface area (Å²) in [4.78, 5) is 16.5. The molecule has 0 saturated carbocycles. The van der Waals surface area contributed by atoms with E-state index in [-0.39, 0.29) is 29.8 Å². The highest BCUT2D eigenvalue weighted by Crippen LogP contribution is 2.51. The van der Waals surface area contributed by atoms with Gasteiger partial charge in [0.1, 0.15) is 5.84 Å². The van der Waals surface area contributed by atoms with Crippen LogP contribution in [0.25, 0.3) is 0 Å². The van der Waals surface area contributed by atoms with Gasteiger partial charge in [-0.2, -0.15) is 0 Å². The molecule has 1 fully saturated rings. The predicted octanol–water partition coefficient (Wildman–Crippen LogP) is 12.9. The first-order valence-electron chi connectivity index (χ1n) is 22.7. The molecule has 5 aliphatic carbocycles. The van der Waals surface area contributed by atoms with Gasteiger partial charge in [0.15, 0.2) is 0 Å². The van der Waals surface area contributed by atoms with E-state index in [1.54, 1.807) is 5.57 Å². The van der Waals surface area contributed by atoms with Gasteiger partial charge in [0.25, 0.3) is 0 Å². The fourth-order valence-electron chi connectivity index (χ4n) is 11.3. The highest BCUT2D eigenvalue weighted by atomic mass is 15.2. The third kappa shape index (κ3) is 6.35. The maximum Gasteiger partial charge on any atom is 0.131 e. The first-order chi connectivity index (χ1) is 30.8. The zero-order valence-electron chi connectivity index (χ0n) is 34.9. The summed E-state index contributed by atoms with van der Waals surface area (Å²) in [7, 11) is 0. The summed E-state index contributed by atoms with van der Waals surface area (Å²) in [5.74, 6) is 1.50. The highest BCUT2D eigenvalue weighted by molar-refractivity contribution is 6.13. The monoisotopic (exact) mass is 802 g/mol. The van der Waals surface area contributed by atoms with Crippen molar-refractivity contribution in [3.63, 3.8) is 0 Å². The van der Waals surface area contributed by atoms with Crippen molar-refractivity contribution >= 4 is 17.2 Å². The smallest absolute Gasteiger partial charge is 0.131 e. The van der Waals surface area contributed by atoms with Crippen molar-refractivity contribution in [3.05, 3.63) is 256 Å². The van der Waals surface area contributed by atoms with Gasteiger partial charge < -0.3 is 9.80 Å². The molecule has 12 rings (SSSR count). The summed E-state index contributed by atoms with van der Waals surface area (Å²) in [6, 6.07) is 43.8. The van der Waals surface area contributed by atoms with E-state index in [4.69, 9.17) is 9.98 Å². The molecule has 302 valence electrons. The Kier molecular flexibility index (Phi) is 9.31. The summed E-state index contributed by atoms with van der Waals surface area (Å²) < 4.78 is 0. The van der Waals surface area contributed by atoms with Gasteiger partial charge in [-0.1, -0.05) is 176 Å². The number of hydrogen-bond donors (Lipinski definition) is 0. The number of allylic oxidation sites excluding steroid dienone is 11. The van der Waals surface area contributed by atoms with Gasteiger partial charge in [-0.25, -0.2) is 4.99 Å². The summed E-state index contributed by atoms with van der Waals surface area (Å²) in [5.41, 5.74) is 15.6. The maximum absolute atomic E-state index is 5.67. The molecule has 3 aliphatic heterocycles. The third-order valence-corrected chi connectivity index (χ3v) is 14.1. The lowest BCUT2D eigenvalue weighted by Crippen LogP contribution is -2.33. The molecule has 0 N–H and O–H groups in total. The molecule has 8 aliphatic rings. The number of anilines is 1. The second-order valence-electron chi connectivity index (χ2n) is 17.7. The van der Waals surface area contributed by atoms with Crippen LogP contribution in [0.3, 0.4) is 0 Å². The van der Waals surface area contributed by atoms with Crippen LogP contribution in [-0.2, 0) is 0 Å². The zero-order chi connectivity index (χ0) is 41.0. The van der Waals surface area contributed by atoms with E-state index in [9.17, 15) is 0 Å². The number of nitrogens with zero attached hydrogens (tertiary/aromatic N) is 4. The number of amidine groups is 1. The van der Waals surface area contributed by atoms with Gasteiger partial charge >= 0.3 is 0 Å². The summed E-state index contributed by atoms with van der Waals surface area (Å²) in [6.45, 7) is 0. The molecule has 0 radical (unpaired) electrons. The van der Waals surface area contributed by atoms with Crippen LogP contribution >= 0.6 is 0 Å². The number of rotatable bonds is 7. The van der Waals surface area contributed by atoms with Crippen LogP contribution < -0.4 is 4.90 Å². The average molecular weight is 803 g/mol. The number of fused-ring (bicyclic) bond motifs is 5. The van der Waals surface area contributed by atoms with Crippen LogP contribution in [0.5, 0.6) is 0 Å². The molecule has 62 heavy (non-hydrogen) atoms. The van der Waals surface area contributed by atoms with Crippen LogP contribution in [0.2, 0.25) is 0 Å². The van der Waals surface area contributed by atoms with Crippen molar-refractivity contribution in [1.29, 1.82) is 0 Å². The van der Waals surface area contributed by atoms with Crippen molar-refractivity contribution in [2.75, 3.05) is 4.90 Å². The molecule has 4 nitrogen and oxygen atoms in total. The van der Waals surface area contributed by atoms with Crippen molar-refractivity contribution < 1.29 is 0 Å². The molecule has 0 aromatic heterocycles. The largest absolute Gasteiger partial charge is 0.334 e. The maximum atomic E-state index is 5.67. The normalized spacial score (nSPS) is 28.1. The van der Waals surface area contributed by atoms with Crippen molar-refractivity contribution in [3.8, 4) is 0 Å².